The van der Waals surface area contributed by atoms with Crippen molar-refractivity contribution in [2.24, 2.45) is 11.3 Å². The van der Waals surface area contributed by atoms with Crippen LogP contribution < -0.4 is 4.74 Å². The molecule has 212 valence electrons. The summed E-state index contributed by atoms with van der Waals surface area (Å²) in [6.45, 7) is 6.30. The van der Waals surface area contributed by atoms with Gasteiger partial charge in [0.05, 0.1) is 12.0 Å². The van der Waals surface area contributed by atoms with Crippen molar-refractivity contribution < 1.29 is 32.5 Å². The Labute approximate surface area is 232 Å². The minimum Gasteiger partial charge on any atom is -0.489 e. The maximum Gasteiger partial charge on any atom is 0.433 e. The van der Waals surface area contributed by atoms with Crippen LogP contribution in [0.5, 0.6) is 5.75 Å². The number of methoxy groups -OCH3 is 1. The van der Waals surface area contributed by atoms with E-state index in [2.05, 4.69) is 4.98 Å². The molecule has 2 aromatic carbocycles. The molecule has 2 aliphatic carbocycles. The molecule has 0 amide bonds. The molecule has 1 spiro atoms. The van der Waals surface area contributed by atoms with Crippen LogP contribution in [0.2, 0.25) is 0 Å². The number of halogens is 3. The number of pyridine rings is 1. The number of benzene rings is 2. The molecule has 1 aromatic heterocycles. The van der Waals surface area contributed by atoms with Crippen LogP contribution in [-0.4, -0.2) is 23.2 Å². The number of rotatable bonds is 7. The number of carboxylic acid groups (broad SMARTS) is 1. The summed E-state index contributed by atoms with van der Waals surface area (Å²) < 4.78 is 52.3. The van der Waals surface area contributed by atoms with Gasteiger partial charge in [-0.3, -0.25) is 9.78 Å². The van der Waals surface area contributed by atoms with Crippen molar-refractivity contribution in [3.05, 3.63) is 82.7 Å². The average Bonchev–Trinajstić information content (AvgIpc) is 3.62. The number of fused-ring (bicyclic) bond motifs is 2. The van der Waals surface area contributed by atoms with Crippen LogP contribution in [0, 0.1) is 11.3 Å². The highest BCUT2D eigenvalue weighted by Crippen LogP contribution is 2.60. The summed E-state index contributed by atoms with van der Waals surface area (Å²) in [4.78, 5) is 15.2. The molecule has 1 fully saturated rings. The summed E-state index contributed by atoms with van der Waals surface area (Å²) in [5.74, 6) is -0.411. The first-order valence-corrected chi connectivity index (χ1v) is 13.5. The molecular weight excluding hydrogens is 519 g/mol. The predicted molar refractivity (Wildman–Crippen MR) is 145 cm³/mol. The second-order valence-corrected chi connectivity index (χ2v) is 12.0. The molecular formula is C32H34F3NO4. The van der Waals surface area contributed by atoms with E-state index in [-0.39, 0.29) is 23.4 Å². The third kappa shape index (κ3) is 5.33. The Morgan fingerprint density at radius 1 is 1.12 bits per heavy atom. The molecule has 5 rings (SSSR count). The first-order valence-electron chi connectivity index (χ1n) is 13.5. The fraction of sp³-hybridized carbons (Fsp3) is 0.438. The Morgan fingerprint density at radius 2 is 1.90 bits per heavy atom. The normalized spacial score (nSPS) is 21.1. The maximum absolute atomic E-state index is 13.4. The van der Waals surface area contributed by atoms with E-state index < -0.39 is 23.9 Å². The lowest BCUT2D eigenvalue weighted by Gasteiger charge is -2.32. The molecule has 1 saturated carbocycles. The van der Waals surface area contributed by atoms with Crippen molar-refractivity contribution in [1.82, 2.24) is 4.98 Å². The Balaban J connectivity index is 1.45. The molecule has 0 unspecified atom stereocenters. The molecule has 40 heavy (non-hydrogen) atoms. The number of aryl methyl sites for hydroxylation is 1. The molecule has 0 bridgehead atoms. The van der Waals surface area contributed by atoms with Gasteiger partial charge in [-0.05, 0) is 94.8 Å². The number of carboxylic acids is 1. The lowest BCUT2D eigenvalue weighted by molar-refractivity contribution is -0.141. The summed E-state index contributed by atoms with van der Waals surface area (Å²) in [6, 6.07) is 14.2. The van der Waals surface area contributed by atoms with E-state index in [1.54, 1.807) is 13.2 Å². The van der Waals surface area contributed by atoms with Crippen molar-refractivity contribution >= 4 is 5.97 Å². The van der Waals surface area contributed by atoms with Crippen LogP contribution in [0.25, 0.3) is 11.1 Å². The first-order chi connectivity index (χ1) is 18.8. The van der Waals surface area contributed by atoms with Crippen molar-refractivity contribution in [2.45, 2.75) is 70.8 Å². The summed E-state index contributed by atoms with van der Waals surface area (Å²) in [5.41, 5.74) is 3.38. The van der Waals surface area contributed by atoms with Crippen molar-refractivity contribution in [2.75, 3.05) is 7.11 Å². The number of ether oxygens (including phenoxy) is 2. The fourth-order valence-corrected chi connectivity index (χ4v) is 6.31. The highest BCUT2D eigenvalue weighted by Gasteiger charge is 2.60. The standard InChI is InChI=1S/C32H34F3NO4/c1-30(2,3)28(39-4)24-14-19(7-10-23(24)21-11-13-36-27(15-21)32(33,34)35)18-40-22-9-8-20-6-5-12-31(25(20)16-22)17-26(31)29(37)38/h7-11,13-16,26,28H,5-6,12,17-18H2,1-4H3,(H,37,38)/t26-,28+,31-/m0/s1. The van der Waals surface area contributed by atoms with Gasteiger partial charge in [0.1, 0.15) is 18.1 Å². The van der Waals surface area contributed by atoms with Crippen LogP contribution in [0.3, 0.4) is 0 Å². The topological polar surface area (TPSA) is 68.7 Å². The Hall–Kier alpha value is -3.39. The zero-order valence-electron chi connectivity index (χ0n) is 23.1. The number of aliphatic carboxylic acids is 1. The third-order valence-electron chi connectivity index (χ3n) is 8.25. The van der Waals surface area contributed by atoms with Crippen LogP contribution >= 0.6 is 0 Å². The number of carbonyl (C=O) groups is 1. The molecule has 0 aliphatic heterocycles. The lowest BCUT2D eigenvalue weighted by atomic mass is 9.78. The highest BCUT2D eigenvalue weighted by molar-refractivity contribution is 5.78. The molecule has 1 N–H and O–H groups in total. The van der Waals surface area contributed by atoms with E-state index in [4.69, 9.17) is 9.47 Å². The number of hydrogen-bond acceptors (Lipinski definition) is 4. The van der Waals surface area contributed by atoms with E-state index in [0.717, 1.165) is 42.0 Å². The van der Waals surface area contributed by atoms with E-state index in [1.807, 2.05) is 57.2 Å². The van der Waals surface area contributed by atoms with Crippen molar-refractivity contribution in [1.29, 1.82) is 0 Å². The van der Waals surface area contributed by atoms with Crippen molar-refractivity contribution in [3.8, 4) is 16.9 Å². The van der Waals surface area contributed by atoms with E-state index in [1.165, 1.54) is 11.8 Å². The Morgan fingerprint density at radius 3 is 2.55 bits per heavy atom. The molecule has 0 radical (unpaired) electrons. The smallest absolute Gasteiger partial charge is 0.433 e. The van der Waals surface area contributed by atoms with Crippen LogP contribution in [0.4, 0.5) is 13.2 Å². The summed E-state index contributed by atoms with van der Waals surface area (Å²) in [7, 11) is 1.60. The monoisotopic (exact) mass is 553 g/mol. The van der Waals surface area contributed by atoms with E-state index >= 15 is 0 Å². The number of alkyl halides is 3. The molecule has 3 aromatic rings. The largest absolute Gasteiger partial charge is 0.489 e. The minimum absolute atomic E-state index is 0.242. The Kier molecular flexibility index (Phi) is 7.19. The average molecular weight is 554 g/mol. The molecule has 1 heterocycles. The SMILES string of the molecule is CO[C@H](c1cc(COc2ccc3c(c2)[C@]2(CCC3)C[C@H]2C(=O)O)ccc1-c1ccnc(C(F)(F)F)c1)C(C)(C)C. The zero-order chi connectivity index (χ0) is 28.9. The van der Waals surface area contributed by atoms with Gasteiger partial charge >= 0.3 is 12.1 Å². The number of nitrogens with zero attached hydrogens (tertiary/aromatic N) is 1. The van der Waals surface area contributed by atoms with Gasteiger partial charge < -0.3 is 14.6 Å². The Bertz CT molecular complexity index is 1430. The number of aromatic nitrogens is 1. The maximum atomic E-state index is 13.4. The van der Waals surface area contributed by atoms with Crippen LogP contribution in [-0.2, 0) is 34.2 Å². The second-order valence-electron chi connectivity index (χ2n) is 12.0. The molecule has 0 saturated heterocycles. The van der Waals surface area contributed by atoms with E-state index in [9.17, 15) is 23.1 Å². The predicted octanol–water partition coefficient (Wildman–Crippen LogP) is 7.76. The molecule has 2 aliphatic rings. The zero-order valence-corrected chi connectivity index (χ0v) is 23.1. The lowest BCUT2D eigenvalue weighted by Crippen LogP contribution is -2.21. The first kappa shape index (κ1) is 28.1. The summed E-state index contributed by atoms with van der Waals surface area (Å²) in [6.07, 6.45) is -0.298. The molecule has 8 heteroatoms. The minimum atomic E-state index is -4.55. The van der Waals surface area contributed by atoms with Gasteiger partial charge in [0.15, 0.2) is 0 Å². The summed E-state index contributed by atoms with van der Waals surface area (Å²) >= 11 is 0. The second kappa shape index (κ2) is 10.2. The van der Waals surface area contributed by atoms with Gasteiger partial charge in [-0.25, -0.2) is 0 Å². The van der Waals surface area contributed by atoms with Gasteiger partial charge in [-0.2, -0.15) is 13.2 Å². The van der Waals surface area contributed by atoms with Gasteiger partial charge in [0, 0.05) is 18.7 Å². The fourth-order valence-electron chi connectivity index (χ4n) is 6.31. The van der Waals surface area contributed by atoms with Crippen molar-refractivity contribution in [3.63, 3.8) is 0 Å². The van der Waals surface area contributed by atoms with Gasteiger partial charge in [-0.15, -0.1) is 0 Å². The van der Waals surface area contributed by atoms with Crippen LogP contribution in [0.15, 0.2) is 54.7 Å². The van der Waals surface area contributed by atoms with E-state index in [0.29, 0.717) is 23.3 Å². The quantitative estimate of drug-likeness (QED) is 0.324. The third-order valence-corrected chi connectivity index (χ3v) is 8.25. The van der Waals surface area contributed by atoms with Gasteiger partial charge in [0.25, 0.3) is 0 Å². The molecule has 3 atom stereocenters. The number of hydrogen-bond donors (Lipinski definition) is 1. The highest BCUT2D eigenvalue weighted by atomic mass is 19.4. The van der Waals surface area contributed by atoms with Crippen LogP contribution in [0.1, 0.15) is 74.1 Å². The van der Waals surface area contributed by atoms with Gasteiger partial charge in [-0.1, -0.05) is 39.0 Å². The molecule has 5 nitrogen and oxygen atoms in total. The summed E-state index contributed by atoms with van der Waals surface area (Å²) in [5, 5.41) is 9.62. The van der Waals surface area contributed by atoms with Gasteiger partial charge in [0.2, 0.25) is 0 Å².